The van der Waals surface area contributed by atoms with Crippen molar-refractivity contribution in [2.45, 2.75) is 80.6 Å². The SMILES string of the molecule is CC(C)CC(=O)c1c(OCCCBr)cc2c(c1O)C(CC(C)C)C1=C(O2)C(C)(C)C(=O)C(C)(C)C1=O. The second-order valence-corrected chi connectivity index (χ2v) is 12.7. The Kier molecular flexibility index (Phi) is 8.14. The van der Waals surface area contributed by atoms with Gasteiger partial charge in [-0.15, -0.1) is 0 Å². The molecule has 198 valence electrons. The number of carbonyl (C=O) groups is 3. The predicted molar refractivity (Wildman–Crippen MR) is 143 cm³/mol. The van der Waals surface area contributed by atoms with E-state index in [2.05, 4.69) is 15.9 Å². The van der Waals surface area contributed by atoms with Crippen LogP contribution in [0.1, 0.15) is 96.5 Å². The minimum Gasteiger partial charge on any atom is -0.507 e. The van der Waals surface area contributed by atoms with Gasteiger partial charge in [0.15, 0.2) is 17.3 Å². The molecule has 1 aliphatic heterocycles. The molecule has 0 bridgehead atoms. The predicted octanol–water partition coefficient (Wildman–Crippen LogP) is 6.77. The minimum absolute atomic E-state index is 0.0906. The molecule has 1 aromatic rings. The molecule has 6 nitrogen and oxygen atoms in total. The highest BCUT2D eigenvalue weighted by molar-refractivity contribution is 9.09. The van der Waals surface area contributed by atoms with Crippen LogP contribution in [0.3, 0.4) is 0 Å². The lowest BCUT2D eigenvalue weighted by atomic mass is 9.59. The van der Waals surface area contributed by atoms with Crippen molar-refractivity contribution in [3.8, 4) is 17.2 Å². The highest BCUT2D eigenvalue weighted by Crippen LogP contribution is 2.57. The van der Waals surface area contributed by atoms with Crippen molar-refractivity contribution >= 4 is 33.3 Å². The van der Waals surface area contributed by atoms with Gasteiger partial charge in [-0.1, -0.05) is 43.6 Å². The first-order valence-electron chi connectivity index (χ1n) is 12.8. The Morgan fingerprint density at radius 1 is 1.11 bits per heavy atom. The first-order chi connectivity index (χ1) is 16.7. The summed E-state index contributed by atoms with van der Waals surface area (Å²) in [5.74, 6) is -0.206. The molecule has 2 aliphatic rings. The molecule has 0 amide bonds. The quantitative estimate of drug-likeness (QED) is 0.154. The van der Waals surface area contributed by atoms with Crippen LogP contribution >= 0.6 is 15.9 Å². The van der Waals surface area contributed by atoms with Gasteiger partial charge in [0.25, 0.3) is 0 Å². The van der Waals surface area contributed by atoms with Crippen molar-refractivity contribution in [2.24, 2.45) is 22.7 Å². The fourth-order valence-corrected chi connectivity index (χ4v) is 5.60. The van der Waals surface area contributed by atoms with E-state index in [0.29, 0.717) is 42.1 Å². The third-order valence-corrected chi connectivity index (χ3v) is 7.61. The molecule has 0 spiro atoms. The van der Waals surface area contributed by atoms with Crippen LogP contribution < -0.4 is 9.47 Å². The Morgan fingerprint density at radius 2 is 1.75 bits per heavy atom. The van der Waals surface area contributed by atoms with Gasteiger partial charge in [0.2, 0.25) is 0 Å². The monoisotopic (exact) mass is 562 g/mol. The Morgan fingerprint density at radius 3 is 2.31 bits per heavy atom. The maximum absolute atomic E-state index is 13.8. The van der Waals surface area contributed by atoms with E-state index in [-0.39, 0.29) is 52.7 Å². The first-order valence-corrected chi connectivity index (χ1v) is 13.9. The van der Waals surface area contributed by atoms with Crippen molar-refractivity contribution in [1.29, 1.82) is 0 Å². The molecule has 0 saturated heterocycles. The van der Waals surface area contributed by atoms with Crippen LogP contribution in [-0.4, -0.2) is 34.4 Å². The van der Waals surface area contributed by atoms with Crippen LogP contribution in [0.25, 0.3) is 0 Å². The molecular weight excluding hydrogens is 524 g/mol. The van der Waals surface area contributed by atoms with E-state index in [0.717, 1.165) is 5.33 Å². The summed E-state index contributed by atoms with van der Waals surface area (Å²) in [5.41, 5.74) is -1.26. The fourth-order valence-electron chi connectivity index (χ4n) is 5.38. The Balaban J connectivity index is 2.31. The molecule has 7 heteroatoms. The van der Waals surface area contributed by atoms with Crippen molar-refractivity contribution in [3.63, 3.8) is 0 Å². The number of aromatic hydroxyl groups is 1. The number of carbonyl (C=O) groups excluding carboxylic acids is 3. The number of hydrogen-bond acceptors (Lipinski definition) is 6. The van der Waals surface area contributed by atoms with Gasteiger partial charge in [-0.25, -0.2) is 0 Å². The van der Waals surface area contributed by atoms with E-state index in [1.54, 1.807) is 33.8 Å². The molecule has 0 saturated carbocycles. The molecule has 1 aliphatic carbocycles. The van der Waals surface area contributed by atoms with Gasteiger partial charge in [-0.2, -0.15) is 0 Å². The highest BCUT2D eigenvalue weighted by Gasteiger charge is 2.57. The molecule has 0 aromatic heterocycles. The number of allylic oxidation sites excluding steroid dienone is 2. The second-order valence-electron chi connectivity index (χ2n) is 11.9. The van der Waals surface area contributed by atoms with Gasteiger partial charge in [0.05, 0.1) is 17.4 Å². The van der Waals surface area contributed by atoms with Crippen LogP contribution in [0.2, 0.25) is 0 Å². The molecular formula is C29H39BrO6. The van der Waals surface area contributed by atoms with Crippen molar-refractivity contribution in [2.75, 3.05) is 11.9 Å². The number of ketones is 3. The average molecular weight is 564 g/mol. The number of rotatable bonds is 9. The molecule has 1 heterocycles. The van der Waals surface area contributed by atoms with Crippen LogP contribution in [0, 0.1) is 22.7 Å². The summed E-state index contributed by atoms with van der Waals surface area (Å²) in [5, 5.41) is 12.4. The van der Waals surface area contributed by atoms with Gasteiger partial charge in [0.1, 0.15) is 28.6 Å². The second kappa shape index (κ2) is 10.3. The summed E-state index contributed by atoms with van der Waals surface area (Å²) in [6.45, 7) is 15.2. The molecule has 1 N–H and O–H groups in total. The Bertz CT molecular complexity index is 1110. The molecule has 1 aromatic carbocycles. The number of halogens is 1. The molecule has 36 heavy (non-hydrogen) atoms. The maximum atomic E-state index is 13.8. The number of benzene rings is 1. The van der Waals surface area contributed by atoms with Crippen LogP contribution in [0.4, 0.5) is 0 Å². The molecule has 3 rings (SSSR count). The highest BCUT2D eigenvalue weighted by atomic mass is 79.9. The van der Waals surface area contributed by atoms with Gasteiger partial charge in [-0.3, -0.25) is 14.4 Å². The van der Waals surface area contributed by atoms with Crippen molar-refractivity contribution in [1.82, 2.24) is 0 Å². The fraction of sp³-hybridized carbons (Fsp3) is 0.621. The molecule has 0 radical (unpaired) electrons. The average Bonchev–Trinajstić information content (AvgIpc) is 2.76. The summed E-state index contributed by atoms with van der Waals surface area (Å²) in [6, 6.07) is 1.65. The molecule has 0 fully saturated rings. The maximum Gasteiger partial charge on any atom is 0.175 e. The van der Waals surface area contributed by atoms with Crippen LogP contribution in [0.5, 0.6) is 17.2 Å². The van der Waals surface area contributed by atoms with Crippen LogP contribution in [0.15, 0.2) is 17.4 Å². The lowest BCUT2D eigenvalue weighted by Crippen LogP contribution is -2.51. The van der Waals surface area contributed by atoms with Gasteiger partial charge < -0.3 is 14.6 Å². The normalized spacial score (nSPS) is 20.4. The zero-order valence-corrected chi connectivity index (χ0v) is 24.3. The minimum atomic E-state index is -1.22. The molecule has 1 atom stereocenters. The summed E-state index contributed by atoms with van der Waals surface area (Å²) < 4.78 is 12.3. The van der Waals surface area contributed by atoms with E-state index in [1.165, 1.54) is 0 Å². The number of phenols is 1. The van der Waals surface area contributed by atoms with Gasteiger partial charge >= 0.3 is 0 Å². The summed E-state index contributed by atoms with van der Waals surface area (Å²) in [6.07, 6.45) is 1.52. The Labute approximate surface area is 222 Å². The number of Topliss-reactive ketones (excluding diaryl/α,β-unsaturated/α-hetero) is 3. The van der Waals surface area contributed by atoms with Gasteiger partial charge in [0, 0.05) is 34.9 Å². The topological polar surface area (TPSA) is 89.9 Å². The molecule has 1 unspecified atom stereocenters. The lowest BCUT2D eigenvalue weighted by molar-refractivity contribution is -0.144. The number of phenolic OH excluding ortho intramolecular Hbond substituents is 1. The number of ether oxygens (including phenoxy) is 2. The number of alkyl halides is 1. The number of hydrogen-bond donors (Lipinski definition) is 1. The van der Waals surface area contributed by atoms with E-state index >= 15 is 0 Å². The number of fused-ring (bicyclic) bond motifs is 1. The standard InChI is InChI=1S/C29H39BrO6/c1-15(2)12-17-21-20(36-26-22(17)25(33)28(5,6)27(34)29(26,7)8)14-19(35-11-9-10-30)23(24(21)32)18(31)13-16(3)4/h14-17,32H,9-13H2,1-8H3. The zero-order chi connectivity index (χ0) is 27.2. The zero-order valence-electron chi connectivity index (χ0n) is 22.7. The van der Waals surface area contributed by atoms with Gasteiger partial charge in [-0.05, 0) is 52.4 Å². The largest absolute Gasteiger partial charge is 0.507 e. The lowest BCUT2D eigenvalue weighted by Gasteiger charge is -2.45. The Hall–Kier alpha value is -2.15. The van der Waals surface area contributed by atoms with E-state index in [4.69, 9.17) is 9.47 Å². The summed E-state index contributed by atoms with van der Waals surface area (Å²) >= 11 is 3.39. The first kappa shape index (κ1) is 28.4. The van der Waals surface area contributed by atoms with E-state index in [9.17, 15) is 19.5 Å². The third kappa shape index (κ3) is 4.88. The smallest absolute Gasteiger partial charge is 0.175 e. The summed E-state index contributed by atoms with van der Waals surface area (Å²) in [4.78, 5) is 40.5. The van der Waals surface area contributed by atoms with Crippen molar-refractivity contribution < 1.29 is 29.0 Å². The van der Waals surface area contributed by atoms with E-state index < -0.39 is 16.7 Å². The van der Waals surface area contributed by atoms with Crippen molar-refractivity contribution in [3.05, 3.63) is 28.5 Å². The third-order valence-electron chi connectivity index (χ3n) is 7.05. The van der Waals surface area contributed by atoms with Crippen LogP contribution in [-0.2, 0) is 9.59 Å². The van der Waals surface area contributed by atoms with E-state index in [1.807, 2.05) is 27.7 Å². The summed E-state index contributed by atoms with van der Waals surface area (Å²) in [7, 11) is 0.